The van der Waals surface area contributed by atoms with E-state index >= 15 is 0 Å². The van der Waals surface area contributed by atoms with Crippen LogP contribution in [0.5, 0.6) is 5.75 Å². The lowest BCUT2D eigenvalue weighted by molar-refractivity contribution is -0.123. The zero-order chi connectivity index (χ0) is 17.1. The highest BCUT2D eigenvalue weighted by molar-refractivity contribution is 7.22. The Hall–Kier alpha value is -2.65. The summed E-state index contributed by atoms with van der Waals surface area (Å²) in [7, 11) is 0. The molecule has 5 nitrogen and oxygen atoms in total. The lowest BCUT2D eigenvalue weighted by atomic mass is 9.85. The molecule has 1 aromatic heterocycles. The van der Waals surface area contributed by atoms with Gasteiger partial charge in [0.2, 0.25) is 11.8 Å². The van der Waals surface area contributed by atoms with Crippen molar-refractivity contribution in [2.24, 2.45) is 23.7 Å². The fourth-order valence-corrected chi connectivity index (χ4v) is 5.30. The number of terminal acetylenes is 1. The number of hydrogen-bond acceptors (Lipinski definition) is 5. The maximum Gasteiger partial charge on any atom is 0.240 e. The van der Waals surface area contributed by atoms with Gasteiger partial charge in [0, 0.05) is 0 Å². The first-order chi connectivity index (χ1) is 12.2. The molecule has 124 valence electrons. The zero-order valence-corrected chi connectivity index (χ0v) is 14.0. The van der Waals surface area contributed by atoms with Crippen molar-refractivity contribution in [2.75, 3.05) is 11.5 Å². The average Bonchev–Trinajstić information content (AvgIpc) is 3.35. The van der Waals surface area contributed by atoms with E-state index in [0.717, 1.165) is 16.6 Å². The molecule has 0 radical (unpaired) electrons. The predicted octanol–water partition coefficient (Wildman–Crippen LogP) is 2.62. The Balaban J connectivity index is 1.50. The number of ether oxygens (including phenoxy) is 1. The molecule has 25 heavy (non-hydrogen) atoms. The van der Waals surface area contributed by atoms with Crippen LogP contribution in [0.25, 0.3) is 10.2 Å². The van der Waals surface area contributed by atoms with Crippen molar-refractivity contribution in [2.45, 2.75) is 6.42 Å². The van der Waals surface area contributed by atoms with Crippen molar-refractivity contribution in [1.82, 2.24) is 4.98 Å². The van der Waals surface area contributed by atoms with Crippen LogP contribution in [-0.2, 0) is 9.59 Å². The second-order valence-corrected chi connectivity index (χ2v) is 7.64. The van der Waals surface area contributed by atoms with Crippen LogP contribution in [-0.4, -0.2) is 23.4 Å². The minimum Gasteiger partial charge on any atom is -0.481 e. The third-order valence-electron chi connectivity index (χ3n) is 5.33. The van der Waals surface area contributed by atoms with Crippen molar-refractivity contribution < 1.29 is 14.3 Å². The van der Waals surface area contributed by atoms with Crippen molar-refractivity contribution in [3.8, 4) is 18.1 Å². The van der Waals surface area contributed by atoms with E-state index in [0.29, 0.717) is 10.9 Å². The summed E-state index contributed by atoms with van der Waals surface area (Å²) in [5, 5.41) is 0.452. The molecule has 1 aromatic carbocycles. The summed E-state index contributed by atoms with van der Waals surface area (Å²) < 4.78 is 6.29. The van der Waals surface area contributed by atoms with E-state index in [1.54, 1.807) is 6.07 Å². The quantitative estimate of drug-likeness (QED) is 0.485. The molecule has 2 heterocycles. The fraction of sp³-hybridized carbons (Fsp3) is 0.316. The second-order valence-electron chi connectivity index (χ2n) is 6.63. The van der Waals surface area contributed by atoms with Gasteiger partial charge in [0.1, 0.15) is 12.4 Å². The van der Waals surface area contributed by atoms with E-state index in [9.17, 15) is 9.59 Å². The number of thiazole rings is 1. The molecule has 0 N–H and O–H groups in total. The first-order valence-corrected chi connectivity index (χ1v) is 9.02. The highest BCUT2D eigenvalue weighted by Gasteiger charge is 2.60. The smallest absolute Gasteiger partial charge is 0.240 e. The van der Waals surface area contributed by atoms with Gasteiger partial charge in [-0.25, -0.2) is 9.88 Å². The van der Waals surface area contributed by atoms with Gasteiger partial charge < -0.3 is 4.74 Å². The molecule has 5 rings (SSSR count). The number of carbonyl (C=O) groups excluding carboxylic acids is 2. The standard InChI is InChI=1S/C19H14N2O3S/c1-2-7-24-12-5-6-13-14(9-12)25-19(20-13)21-17(22)15-10-3-4-11(8-10)16(15)18(21)23/h1,3-6,9-11,15-16H,7-8H2/t10-,11+,15-,16+. The van der Waals surface area contributed by atoms with E-state index in [-0.39, 0.29) is 42.1 Å². The molecule has 0 spiro atoms. The molecule has 6 heteroatoms. The number of fused-ring (bicyclic) bond motifs is 6. The highest BCUT2D eigenvalue weighted by Crippen LogP contribution is 2.53. The summed E-state index contributed by atoms with van der Waals surface area (Å²) in [6.07, 6.45) is 10.3. The number of benzene rings is 1. The van der Waals surface area contributed by atoms with E-state index in [4.69, 9.17) is 11.2 Å². The average molecular weight is 350 g/mol. The SMILES string of the molecule is C#CCOc1ccc2nc(N3C(=O)[C@@H]4[C@H](C3=O)[C@@H]3C=C[C@H]4C3)sc2c1. The molecule has 2 fully saturated rings. The number of rotatable bonds is 3. The van der Waals surface area contributed by atoms with Crippen molar-refractivity contribution >= 4 is 38.5 Å². The predicted molar refractivity (Wildman–Crippen MR) is 94.2 cm³/mol. The molecule has 1 saturated carbocycles. The van der Waals surface area contributed by atoms with Crippen LogP contribution in [0.2, 0.25) is 0 Å². The maximum atomic E-state index is 12.9. The van der Waals surface area contributed by atoms with Gasteiger partial charge >= 0.3 is 0 Å². The van der Waals surface area contributed by atoms with E-state index in [1.807, 2.05) is 12.1 Å². The Kier molecular flexibility index (Phi) is 3.03. The van der Waals surface area contributed by atoms with Gasteiger partial charge in [-0.2, -0.15) is 0 Å². The van der Waals surface area contributed by atoms with Crippen LogP contribution in [0.15, 0.2) is 30.4 Å². The molecule has 3 aliphatic rings. The molecule has 2 aromatic rings. The Morgan fingerprint density at radius 2 is 1.96 bits per heavy atom. The molecule has 4 atom stereocenters. The first-order valence-electron chi connectivity index (χ1n) is 8.20. The minimum atomic E-state index is -0.205. The number of hydrogen-bond donors (Lipinski definition) is 0. The van der Waals surface area contributed by atoms with Crippen LogP contribution in [0.4, 0.5) is 5.13 Å². The Morgan fingerprint density at radius 1 is 1.24 bits per heavy atom. The summed E-state index contributed by atoms with van der Waals surface area (Å²) in [4.78, 5) is 31.5. The van der Waals surface area contributed by atoms with Crippen LogP contribution in [0.1, 0.15) is 6.42 Å². The Morgan fingerprint density at radius 3 is 2.64 bits per heavy atom. The van der Waals surface area contributed by atoms with E-state index in [1.165, 1.54) is 16.2 Å². The monoisotopic (exact) mass is 350 g/mol. The van der Waals surface area contributed by atoms with Crippen LogP contribution in [0, 0.1) is 36.0 Å². The summed E-state index contributed by atoms with van der Waals surface area (Å²) in [6, 6.07) is 5.44. The van der Waals surface area contributed by atoms with E-state index in [2.05, 4.69) is 23.1 Å². The molecule has 2 aliphatic carbocycles. The fourth-order valence-electron chi connectivity index (χ4n) is 4.29. The molecule has 2 bridgehead atoms. The minimum absolute atomic E-state index is 0.102. The Labute approximate surface area is 148 Å². The Bertz CT molecular complexity index is 956. The number of anilines is 1. The van der Waals surface area contributed by atoms with Crippen molar-refractivity contribution in [1.29, 1.82) is 0 Å². The summed E-state index contributed by atoms with van der Waals surface area (Å²) in [5.74, 6) is 2.87. The van der Waals surface area contributed by atoms with Gasteiger partial charge in [-0.15, -0.1) is 6.42 Å². The molecule has 1 aliphatic heterocycles. The molecular formula is C19H14N2O3S. The lowest BCUT2D eigenvalue weighted by Gasteiger charge is -2.14. The number of aromatic nitrogens is 1. The van der Waals surface area contributed by atoms with Gasteiger partial charge in [0.05, 0.1) is 22.1 Å². The number of amides is 2. The summed E-state index contributed by atoms with van der Waals surface area (Å²) in [5.41, 5.74) is 0.742. The normalized spacial score (nSPS) is 29.5. The van der Waals surface area contributed by atoms with Gasteiger partial charge in [-0.3, -0.25) is 9.59 Å². The van der Waals surface area contributed by atoms with Gasteiger partial charge in [-0.1, -0.05) is 29.4 Å². The summed E-state index contributed by atoms with van der Waals surface area (Å²) >= 11 is 1.33. The maximum absolute atomic E-state index is 12.9. The third kappa shape index (κ3) is 1.99. The number of imide groups is 1. The third-order valence-corrected chi connectivity index (χ3v) is 6.34. The molecular weight excluding hydrogens is 336 g/mol. The summed E-state index contributed by atoms with van der Waals surface area (Å²) in [6.45, 7) is 0.194. The second kappa shape index (κ2) is 5.17. The zero-order valence-electron chi connectivity index (χ0n) is 13.2. The molecule has 2 amide bonds. The highest BCUT2D eigenvalue weighted by atomic mass is 32.1. The first kappa shape index (κ1) is 14.7. The van der Waals surface area contributed by atoms with Crippen LogP contribution >= 0.6 is 11.3 Å². The largest absolute Gasteiger partial charge is 0.481 e. The van der Waals surface area contributed by atoms with E-state index < -0.39 is 0 Å². The van der Waals surface area contributed by atoms with Crippen molar-refractivity contribution in [3.63, 3.8) is 0 Å². The number of carbonyl (C=O) groups is 2. The lowest BCUT2D eigenvalue weighted by Crippen LogP contribution is -2.32. The molecule has 1 saturated heterocycles. The van der Waals surface area contributed by atoms with Crippen molar-refractivity contribution in [3.05, 3.63) is 30.4 Å². The topological polar surface area (TPSA) is 59.5 Å². The molecule has 0 unspecified atom stereocenters. The van der Waals surface area contributed by atoms with Crippen LogP contribution < -0.4 is 9.64 Å². The number of nitrogens with zero attached hydrogens (tertiary/aromatic N) is 2. The van der Waals surface area contributed by atoms with Gasteiger partial charge in [0.25, 0.3) is 0 Å². The van der Waals surface area contributed by atoms with Crippen LogP contribution in [0.3, 0.4) is 0 Å². The van der Waals surface area contributed by atoms with Gasteiger partial charge in [0.15, 0.2) is 5.13 Å². The number of allylic oxidation sites excluding steroid dienone is 2. The van der Waals surface area contributed by atoms with Gasteiger partial charge in [-0.05, 0) is 36.5 Å².